The van der Waals surface area contributed by atoms with E-state index in [0.717, 1.165) is 0 Å². The van der Waals surface area contributed by atoms with Gasteiger partial charge in [-0.3, -0.25) is 0 Å². The Labute approximate surface area is 95.3 Å². The van der Waals surface area contributed by atoms with E-state index in [2.05, 4.69) is 0 Å². The molecule has 0 radical (unpaired) electrons. The van der Waals surface area contributed by atoms with Gasteiger partial charge in [-0.25, -0.2) is 0 Å². The number of ether oxygens (including phenoxy) is 2. The molecule has 0 amide bonds. The monoisotopic (exact) mass is 244 g/mol. The molecule has 0 aliphatic heterocycles. The topological polar surface area (TPSA) is 38.7 Å². The fourth-order valence-electron chi connectivity index (χ4n) is 0.781. The van der Waals surface area contributed by atoms with E-state index in [4.69, 9.17) is 32.7 Å². The number of halogens is 2. The zero-order valence-corrected chi connectivity index (χ0v) is 10.1. The summed E-state index contributed by atoms with van der Waals surface area (Å²) in [4.78, 5) is 0. The molecule has 0 heterocycles. The van der Waals surface area contributed by atoms with Crippen molar-refractivity contribution in [2.24, 2.45) is 0 Å². The van der Waals surface area contributed by atoms with Crippen LogP contribution in [-0.4, -0.2) is 48.4 Å². The van der Waals surface area contributed by atoms with Crippen LogP contribution < -0.4 is 0 Å². The molecule has 2 atom stereocenters. The van der Waals surface area contributed by atoms with Crippen LogP contribution in [-0.2, 0) is 9.47 Å². The van der Waals surface area contributed by atoms with Gasteiger partial charge in [-0.15, -0.1) is 23.2 Å². The SMILES string of the molecule is CC(Cl)COCC(O)COCC(C)Cl. The molecule has 1 N–H and O–H groups in total. The highest BCUT2D eigenvalue weighted by molar-refractivity contribution is 6.20. The summed E-state index contributed by atoms with van der Waals surface area (Å²) < 4.78 is 10.2. The zero-order valence-electron chi connectivity index (χ0n) is 8.58. The molecule has 3 nitrogen and oxygen atoms in total. The van der Waals surface area contributed by atoms with Gasteiger partial charge in [0, 0.05) is 0 Å². The first-order chi connectivity index (χ1) is 6.52. The van der Waals surface area contributed by atoms with E-state index in [-0.39, 0.29) is 24.0 Å². The Kier molecular flexibility index (Phi) is 9.03. The molecule has 0 saturated heterocycles. The van der Waals surface area contributed by atoms with E-state index in [1.807, 2.05) is 13.8 Å². The van der Waals surface area contributed by atoms with E-state index in [0.29, 0.717) is 13.2 Å². The van der Waals surface area contributed by atoms with E-state index in [9.17, 15) is 5.11 Å². The van der Waals surface area contributed by atoms with Gasteiger partial charge in [0.25, 0.3) is 0 Å². The van der Waals surface area contributed by atoms with E-state index in [1.54, 1.807) is 0 Å². The van der Waals surface area contributed by atoms with Gasteiger partial charge in [0.2, 0.25) is 0 Å². The molecule has 0 aromatic carbocycles. The fraction of sp³-hybridized carbons (Fsp3) is 1.00. The van der Waals surface area contributed by atoms with Crippen LogP contribution in [0.4, 0.5) is 0 Å². The molecular weight excluding hydrogens is 227 g/mol. The summed E-state index contributed by atoms with van der Waals surface area (Å²) in [7, 11) is 0. The second kappa shape index (κ2) is 8.74. The van der Waals surface area contributed by atoms with Gasteiger partial charge in [-0.05, 0) is 13.8 Å². The fourth-order valence-corrected chi connectivity index (χ4v) is 0.959. The minimum Gasteiger partial charge on any atom is -0.388 e. The third kappa shape index (κ3) is 10.5. The molecule has 14 heavy (non-hydrogen) atoms. The first-order valence-electron chi connectivity index (χ1n) is 4.64. The Morgan fingerprint density at radius 1 is 0.929 bits per heavy atom. The van der Waals surface area contributed by atoms with Gasteiger partial charge in [0.1, 0.15) is 6.10 Å². The van der Waals surface area contributed by atoms with Crippen molar-refractivity contribution in [1.82, 2.24) is 0 Å². The summed E-state index contributed by atoms with van der Waals surface area (Å²) in [6.07, 6.45) is -0.610. The summed E-state index contributed by atoms with van der Waals surface area (Å²) in [6, 6.07) is 0. The Morgan fingerprint density at radius 3 is 1.57 bits per heavy atom. The Morgan fingerprint density at radius 2 is 1.29 bits per heavy atom. The number of aliphatic hydroxyl groups excluding tert-OH is 1. The molecule has 0 aliphatic carbocycles. The number of hydrogen-bond acceptors (Lipinski definition) is 3. The summed E-state index contributed by atoms with van der Waals surface area (Å²) in [6.45, 7) is 5.02. The predicted octanol–water partition coefficient (Wildman–Crippen LogP) is 1.64. The van der Waals surface area contributed by atoms with Crippen LogP contribution in [0.3, 0.4) is 0 Å². The second-order valence-electron chi connectivity index (χ2n) is 3.29. The van der Waals surface area contributed by atoms with Gasteiger partial charge < -0.3 is 14.6 Å². The lowest BCUT2D eigenvalue weighted by atomic mass is 10.4. The van der Waals surface area contributed by atoms with Gasteiger partial charge in [-0.2, -0.15) is 0 Å². The summed E-state index contributed by atoms with van der Waals surface area (Å²) in [5, 5.41) is 9.27. The predicted molar refractivity (Wildman–Crippen MR) is 58.3 cm³/mol. The molecule has 0 bridgehead atoms. The van der Waals surface area contributed by atoms with Gasteiger partial charge in [0.15, 0.2) is 0 Å². The molecule has 0 aromatic rings. The molecule has 2 unspecified atom stereocenters. The molecular formula is C9H18Cl2O3. The lowest BCUT2D eigenvalue weighted by Crippen LogP contribution is -2.24. The summed E-state index contributed by atoms with van der Waals surface area (Å²) >= 11 is 11.3. The Balaban J connectivity index is 3.23. The maximum atomic E-state index is 9.34. The smallest absolute Gasteiger partial charge is 0.101 e. The number of rotatable bonds is 8. The molecule has 0 aromatic heterocycles. The highest BCUT2D eigenvalue weighted by atomic mass is 35.5. The van der Waals surface area contributed by atoms with E-state index in [1.165, 1.54) is 0 Å². The normalized spacial score (nSPS) is 17.8. The third-order valence-electron chi connectivity index (χ3n) is 1.32. The van der Waals surface area contributed by atoms with Crippen LogP contribution >= 0.6 is 23.2 Å². The molecule has 0 spiro atoms. The lowest BCUT2D eigenvalue weighted by Gasteiger charge is -2.12. The van der Waals surface area contributed by atoms with Crippen molar-refractivity contribution >= 4 is 23.2 Å². The number of alkyl halides is 2. The third-order valence-corrected chi connectivity index (χ3v) is 1.57. The molecule has 0 saturated carbocycles. The minimum atomic E-state index is -0.610. The maximum Gasteiger partial charge on any atom is 0.101 e. The summed E-state index contributed by atoms with van der Waals surface area (Å²) in [5.74, 6) is 0. The molecule has 86 valence electrons. The minimum absolute atomic E-state index is 0.0361. The highest BCUT2D eigenvalue weighted by Gasteiger charge is 2.06. The van der Waals surface area contributed by atoms with Crippen LogP contribution in [0.15, 0.2) is 0 Å². The molecule has 0 fully saturated rings. The van der Waals surface area contributed by atoms with E-state index < -0.39 is 6.10 Å². The van der Waals surface area contributed by atoms with Crippen molar-refractivity contribution < 1.29 is 14.6 Å². The first-order valence-corrected chi connectivity index (χ1v) is 5.51. The summed E-state index contributed by atoms with van der Waals surface area (Å²) in [5.41, 5.74) is 0. The van der Waals surface area contributed by atoms with Crippen LogP contribution in [0.2, 0.25) is 0 Å². The first kappa shape index (κ1) is 14.5. The van der Waals surface area contributed by atoms with E-state index >= 15 is 0 Å². The maximum absolute atomic E-state index is 9.34. The van der Waals surface area contributed by atoms with Crippen molar-refractivity contribution in [3.63, 3.8) is 0 Å². The average Bonchev–Trinajstić information content (AvgIpc) is 2.02. The van der Waals surface area contributed by atoms with Crippen molar-refractivity contribution in [3.05, 3.63) is 0 Å². The largest absolute Gasteiger partial charge is 0.388 e. The Bertz CT molecular complexity index is 117. The molecule has 5 heteroatoms. The van der Waals surface area contributed by atoms with Crippen molar-refractivity contribution in [2.75, 3.05) is 26.4 Å². The zero-order chi connectivity index (χ0) is 11.0. The molecule has 0 rings (SSSR count). The average molecular weight is 245 g/mol. The van der Waals surface area contributed by atoms with Crippen molar-refractivity contribution in [1.29, 1.82) is 0 Å². The van der Waals surface area contributed by atoms with Gasteiger partial charge in [-0.1, -0.05) is 0 Å². The quantitative estimate of drug-likeness (QED) is 0.660. The van der Waals surface area contributed by atoms with Crippen LogP contribution in [0.25, 0.3) is 0 Å². The highest BCUT2D eigenvalue weighted by Crippen LogP contribution is 1.97. The van der Waals surface area contributed by atoms with Crippen LogP contribution in [0, 0.1) is 0 Å². The van der Waals surface area contributed by atoms with Crippen LogP contribution in [0.1, 0.15) is 13.8 Å². The molecule has 0 aliphatic rings. The van der Waals surface area contributed by atoms with Crippen molar-refractivity contribution in [3.8, 4) is 0 Å². The van der Waals surface area contributed by atoms with Gasteiger partial charge >= 0.3 is 0 Å². The van der Waals surface area contributed by atoms with Gasteiger partial charge in [0.05, 0.1) is 37.2 Å². The standard InChI is InChI=1S/C9H18Cl2O3/c1-7(10)3-13-5-9(12)6-14-4-8(2)11/h7-9,12H,3-6H2,1-2H3. The van der Waals surface area contributed by atoms with Crippen LogP contribution in [0.5, 0.6) is 0 Å². The number of hydrogen-bond donors (Lipinski definition) is 1. The van der Waals surface area contributed by atoms with Crippen molar-refractivity contribution in [2.45, 2.75) is 30.7 Å². The second-order valence-corrected chi connectivity index (χ2v) is 4.78. The number of aliphatic hydroxyl groups is 1. The lowest BCUT2D eigenvalue weighted by molar-refractivity contribution is -0.0175. The Hall–Kier alpha value is 0.460.